The molecule has 270 valence electrons. The molecule has 3 aromatic heterocycles. The number of hydrogen-bond donors (Lipinski definition) is 1. The second-order valence-corrected chi connectivity index (χ2v) is 14.2. The smallest absolute Gasteiger partial charge is 0.258 e. The van der Waals surface area contributed by atoms with E-state index in [9.17, 15) is 18.8 Å². The molecule has 0 saturated carbocycles. The number of hydrogen-bond acceptors (Lipinski definition) is 9. The van der Waals surface area contributed by atoms with Gasteiger partial charge in [0.2, 0.25) is 11.8 Å². The zero-order chi connectivity index (χ0) is 36.2. The number of nitrogens with zero attached hydrogens (tertiary/aromatic N) is 8. The van der Waals surface area contributed by atoms with Gasteiger partial charge in [0, 0.05) is 52.2 Å². The predicted molar refractivity (Wildman–Crippen MR) is 192 cm³/mol. The number of anilines is 2. The molecule has 12 nitrogen and oxygen atoms in total. The summed E-state index contributed by atoms with van der Waals surface area (Å²) in [6.07, 6.45) is 4.08. The molecule has 3 saturated heterocycles. The van der Waals surface area contributed by atoms with Crippen molar-refractivity contribution in [3.63, 3.8) is 0 Å². The van der Waals surface area contributed by atoms with Crippen LogP contribution in [0.1, 0.15) is 58.8 Å². The topological polar surface area (TPSA) is 119 Å². The molecular formula is C39H37F2N9O3. The quantitative estimate of drug-likeness (QED) is 0.243. The summed E-state index contributed by atoms with van der Waals surface area (Å²) in [6, 6.07) is 19.2. The predicted octanol–water partition coefficient (Wildman–Crippen LogP) is 4.49. The molecule has 2 aromatic carbocycles. The molecule has 7 heterocycles. The molecule has 1 N–H and O–H groups in total. The summed E-state index contributed by atoms with van der Waals surface area (Å²) >= 11 is 0. The van der Waals surface area contributed by atoms with Crippen molar-refractivity contribution in [1.29, 1.82) is 0 Å². The van der Waals surface area contributed by atoms with Crippen molar-refractivity contribution in [2.45, 2.75) is 50.9 Å². The number of benzene rings is 2. The van der Waals surface area contributed by atoms with Crippen molar-refractivity contribution in [3.05, 3.63) is 107 Å². The molecule has 0 radical (unpaired) electrons. The van der Waals surface area contributed by atoms with Crippen molar-refractivity contribution in [2.24, 2.45) is 0 Å². The lowest BCUT2D eigenvalue weighted by molar-refractivity contribution is -0.136. The highest BCUT2D eigenvalue weighted by atomic mass is 19.1. The number of carbonyl (C=O) groups excluding carboxylic acids is 3. The van der Waals surface area contributed by atoms with Crippen molar-refractivity contribution < 1.29 is 23.2 Å². The van der Waals surface area contributed by atoms with Gasteiger partial charge in [-0.25, -0.2) is 23.3 Å². The van der Waals surface area contributed by atoms with Gasteiger partial charge in [0.05, 0.1) is 23.5 Å². The lowest BCUT2D eigenvalue weighted by Gasteiger charge is -2.35. The summed E-state index contributed by atoms with van der Waals surface area (Å²) in [5.74, 6) is -0.564. The Morgan fingerprint density at radius 2 is 1.68 bits per heavy atom. The van der Waals surface area contributed by atoms with Crippen molar-refractivity contribution in [1.82, 2.24) is 34.7 Å². The number of imidazole rings is 1. The number of fused-ring (bicyclic) bond motifs is 2. The number of nitrogens with one attached hydrogen (secondary N) is 1. The van der Waals surface area contributed by atoms with E-state index < -0.39 is 23.7 Å². The van der Waals surface area contributed by atoms with Crippen LogP contribution in [0.3, 0.4) is 0 Å². The molecule has 0 aliphatic carbocycles. The highest BCUT2D eigenvalue weighted by molar-refractivity contribution is 6.05. The average molecular weight is 718 g/mol. The SMILES string of the molecule is O=C1CCC(N2Cc3cc(CN4CCN(c5cccc(-c6cnc7ccc(N8CCC[C@@H]8c8cccc(F)c8)nn67)n5)CC4)cc(F)c3C2=O)C(=O)N1. The van der Waals surface area contributed by atoms with Crippen LogP contribution in [0.25, 0.3) is 17.0 Å². The zero-order valence-electron chi connectivity index (χ0n) is 28.9. The van der Waals surface area contributed by atoms with Gasteiger partial charge < -0.3 is 14.7 Å². The Hall–Kier alpha value is -5.76. The number of piperidine rings is 1. The maximum absolute atomic E-state index is 15.3. The minimum absolute atomic E-state index is 0.00993. The normalized spacial score (nSPS) is 20.8. The molecule has 1 unspecified atom stereocenters. The Morgan fingerprint density at radius 1 is 0.830 bits per heavy atom. The van der Waals surface area contributed by atoms with E-state index in [1.165, 1.54) is 17.0 Å². The minimum atomic E-state index is -0.784. The van der Waals surface area contributed by atoms with Gasteiger partial charge >= 0.3 is 0 Å². The van der Waals surface area contributed by atoms with Gasteiger partial charge in [-0.2, -0.15) is 0 Å². The van der Waals surface area contributed by atoms with E-state index in [1.807, 2.05) is 47.0 Å². The monoisotopic (exact) mass is 717 g/mol. The van der Waals surface area contributed by atoms with E-state index in [0.717, 1.165) is 79.7 Å². The van der Waals surface area contributed by atoms with Gasteiger partial charge in [0.1, 0.15) is 35.0 Å². The number of piperazine rings is 1. The fourth-order valence-corrected chi connectivity index (χ4v) is 8.24. The van der Waals surface area contributed by atoms with Crippen LogP contribution in [0, 0.1) is 11.6 Å². The van der Waals surface area contributed by atoms with Crippen LogP contribution in [0.15, 0.2) is 72.9 Å². The first-order valence-corrected chi connectivity index (χ1v) is 18.1. The summed E-state index contributed by atoms with van der Waals surface area (Å²) in [5.41, 5.74) is 4.52. The Kier molecular flexibility index (Phi) is 8.33. The van der Waals surface area contributed by atoms with Crippen molar-refractivity contribution in [2.75, 3.05) is 42.5 Å². The molecule has 53 heavy (non-hydrogen) atoms. The number of pyridine rings is 1. The van der Waals surface area contributed by atoms with E-state index >= 15 is 4.39 Å². The van der Waals surface area contributed by atoms with Crippen molar-refractivity contribution in [3.8, 4) is 11.4 Å². The number of rotatable bonds is 7. The molecule has 4 aliphatic heterocycles. The van der Waals surface area contributed by atoms with E-state index in [2.05, 4.69) is 25.0 Å². The number of imide groups is 1. The molecule has 4 aliphatic rings. The molecule has 0 bridgehead atoms. The molecule has 14 heteroatoms. The second kappa shape index (κ2) is 13.3. The van der Waals surface area contributed by atoms with Crippen LogP contribution in [0.2, 0.25) is 0 Å². The third kappa shape index (κ3) is 6.16. The van der Waals surface area contributed by atoms with Gasteiger partial charge in [-0.1, -0.05) is 24.3 Å². The number of amides is 3. The van der Waals surface area contributed by atoms with E-state index in [0.29, 0.717) is 17.8 Å². The Morgan fingerprint density at radius 3 is 2.51 bits per heavy atom. The third-order valence-electron chi connectivity index (χ3n) is 10.9. The standard InChI is InChI=1S/C39H37F2N9O3/c40-27-5-1-4-25(20-27)30-7-3-13-48(30)35-11-10-33-42-21-32(50(33)45-35)29-6-2-8-34(43-29)47-16-14-46(15-17-47)22-24-18-26-23-49(39(53)37(26)28(41)19-24)31-9-12-36(51)44-38(31)52/h1-2,4-6,8,10-11,18-21,30-31H,3,7,9,12-17,22-23H2,(H,44,51,52)/t30-,31?/m1/s1. The Bertz CT molecular complexity index is 2270. The third-order valence-corrected chi connectivity index (χ3v) is 10.9. The van der Waals surface area contributed by atoms with Crippen LogP contribution in [0.4, 0.5) is 20.4 Å². The minimum Gasteiger partial charge on any atom is -0.354 e. The van der Waals surface area contributed by atoms with Gasteiger partial charge in [0.25, 0.3) is 5.91 Å². The van der Waals surface area contributed by atoms with Gasteiger partial charge in [0.15, 0.2) is 5.65 Å². The summed E-state index contributed by atoms with van der Waals surface area (Å²) in [6.45, 7) is 4.38. The van der Waals surface area contributed by atoms with Gasteiger partial charge in [-0.3, -0.25) is 24.6 Å². The number of aromatic nitrogens is 4. The second-order valence-electron chi connectivity index (χ2n) is 14.2. The van der Waals surface area contributed by atoms with E-state index in [-0.39, 0.29) is 42.7 Å². The summed E-state index contributed by atoms with van der Waals surface area (Å²) in [4.78, 5) is 54.9. The van der Waals surface area contributed by atoms with E-state index in [4.69, 9.17) is 10.1 Å². The van der Waals surface area contributed by atoms with Crippen LogP contribution >= 0.6 is 0 Å². The molecule has 3 fully saturated rings. The van der Waals surface area contributed by atoms with Crippen LogP contribution in [0.5, 0.6) is 0 Å². The van der Waals surface area contributed by atoms with Crippen LogP contribution in [-0.2, 0) is 22.7 Å². The molecule has 5 aromatic rings. The number of halogens is 2. The fraction of sp³-hybridized carbons (Fsp3) is 0.333. The summed E-state index contributed by atoms with van der Waals surface area (Å²) < 4.78 is 31.2. The maximum Gasteiger partial charge on any atom is 0.258 e. The fourth-order valence-electron chi connectivity index (χ4n) is 8.24. The van der Waals surface area contributed by atoms with Crippen molar-refractivity contribution >= 4 is 35.0 Å². The molecule has 3 amide bonds. The first-order chi connectivity index (χ1) is 25.8. The highest BCUT2D eigenvalue weighted by Gasteiger charge is 2.40. The summed E-state index contributed by atoms with van der Waals surface area (Å²) in [7, 11) is 0. The molecular weight excluding hydrogens is 680 g/mol. The first kappa shape index (κ1) is 33.1. The molecule has 2 atom stereocenters. The molecule has 0 spiro atoms. The Balaban J connectivity index is 0.873. The van der Waals surface area contributed by atoms with Crippen LogP contribution < -0.4 is 15.1 Å². The van der Waals surface area contributed by atoms with E-state index in [1.54, 1.807) is 18.3 Å². The average Bonchev–Trinajstić information content (AvgIpc) is 3.90. The Labute approximate surface area is 304 Å². The van der Waals surface area contributed by atoms with Gasteiger partial charge in [-0.05, 0) is 78.4 Å². The summed E-state index contributed by atoms with van der Waals surface area (Å²) in [5, 5.41) is 7.28. The first-order valence-electron chi connectivity index (χ1n) is 18.1. The lowest BCUT2D eigenvalue weighted by Crippen LogP contribution is -2.52. The van der Waals surface area contributed by atoms with Crippen LogP contribution in [-0.4, -0.2) is 85.9 Å². The maximum atomic E-state index is 15.3. The van der Waals surface area contributed by atoms with Gasteiger partial charge in [-0.15, -0.1) is 5.10 Å². The lowest BCUT2D eigenvalue weighted by atomic mass is 10.0. The highest BCUT2D eigenvalue weighted by Crippen LogP contribution is 2.36. The molecule has 9 rings (SSSR count). The number of carbonyl (C=O) groups is 3. The largest absolute Gasteiger partial charge is 0.354 e. The zero-order valence-corrected chi connectivity index (χ0v) is 28.9.